The van der Waals surface area contributed by atoms with Gasteiger partial charge in [-0.25, -0.2) is 13.4 Å². The van der Waals surface area contributed by atoms with Crippen LogP contribution in [0.3, 0.4) is 0 Å². The van der Waals surface area contributed by atoms with Crippen molar-refractivity contribution in [1.82, 2.24) is 14.2 Å². The van der Waals surface area contributed by atoms with Crippen LogP contribution in [0.25, 0.3) is 11.3 Å². The average Bonchev–Trinajstić information content (AvgIpc) is 3.12. The minimum Gasteiger partial charge on any atom is -0.439 e. The maximum absolute atomic E-state index is 11.9. The number of hydrogen-bond donors (Lipinski definition) is 0. The molecule has 1 aromatic heterocycles. The lowest BCUT2D eigenvalue weighted by atomic mass is 10.2. The zero-order valence-corrected chi connectivity index (χ0v) is 14.9. The van der Waals surface area contributed by atoms with Gasteiger partial charge in [0.1, 0.15) is 0 Å². The number of rotatable bonds is 5. The SMILES string of the molecule is CCS(=O)(=O)N1CCN([C@@H](C)c2ncc(-c3ccccc3)o2)CC1. The summed E-state index contributed by atoms with van der Waals surface area (Å²) in [4.78, 5) is 6.62. The fourth-order valence-corrected chi connectivity index (χ4v) is 4.01. The van der Waals surface area contributed by atoms with E-state index in [1.165, 1.54) is 0 Å². The Morgan fingerprint density at radius 2 is 1.83 bits per heavy atom. The average molecular weight is 349 g/mol. The predicted molar refractivity (Wildman–Crippen MR) is 93.0 cm³/mol. The lowest BCUT2D eigenvalue weighted by Gasteiger charge is -2.36. The third kappa shape index (κ3) is 3.53. The first-order chi connectivity index (χ1) is 11.5. The highest BCUT2D eigenvalue weighted by atomic mass is 32.2. The number of oxazole rings is 1. The topological polar surface area (TPSA) is 66.7 Å². The summed E-state index contributed by atoms with van der Waals surface area (Å²) in [6, 6.07) is 9.90. The largest absolute Gasteiger partial charge is 0.439 e. The van der Waals surface area contributed by atoms with Gasteiger partial charge in [0.2, 0.25) is 15.9 Å². The van der Waals surface area contributed by atoms with Gasteiger partial charge in [-0.05, 0) is 13.8 Å². The van der Waals surface area contributed by atoms with Crippen LogP contribution in [0.2, 0.25) is 0 Å². The number of hydrogen-bond acceptors (Lipinski definition) is 5. The highest BCUT2D eigenvalue weighted by Gasteiger charge is 2.29. The second-order valence-electron chi connectivity index (χ2n) is 5.94. The Balaban J connectivity index is 1.66. The second kappa shape index (κ2) is 7.04. The molecule has 0 aliphatic carbocycles. The van der Waals surface area contributed by atoms with Gasteiger partial charge < -0.3 is 4.42 Å². The van der Waals surface area contributed by atoms with Crippen molar-refractivity contribution in [3.05, 3.63) is 42.4 Å². The zero-order valence-electron chi connectivity index (χ0n) is 14.1. The first-order valence-electron chi connectivity index (χ1n) is 8.24. The van der Waals surface area contributed by atoms with Crippen LogP contribution in [-0.4, -0.2) is 54.5 Å². The number of nitrogens with zero attached hydrogens (tertiary/aromatic N) is 3. The van der Waals surface area contributed by atoms with E-state index in [2.05, 4.69) is 9.88 Å². The Morgan fingerprint density at radius 1 is 1.17 bits per heavy atom. The molecule has 1 saturated heterocycles. The highest BCUT2D eigenvalue weighted by molar-refractivity contribution is 7.89. The molecular weight excluding hydrogens is 326 g/mol. The van der Waals surface area contributed by atoms with Gasteiger partial charge in [0.25, 0.3) is 0 Å². The van der Waals surface area contributed by atoms with E-state index in [0.717, 1.165) is 11.3 Å². The fraction of sp³-hybridized carbons (Fsp3) is 0.471. The lowest BCUT2D eigenvalue weighted by Crippen LogP contribution is -2.49. The highest BCUT2D eigenvalue weighted by Crippen LogP contribution is 2.26. The summed E-state index contributed by atoms with van der Waals surface area (Å²) in [5.41, 5.74) is 1.00. The molecule has 1 fully saturated rings. The maximum Gasteiger partial charge on any atom is 0.213 e. The van der Waals surface area contributed by atoms with Crippen LogP contribution in [0.4, 0.5) is 0 Å². The van der Waals surface area contributed by atoms with E-state index in [1.807, 2.05) is 37.3 Å². The fourth-order valence-electron chi connectivity index (χ4n) is 2.92. The molecule has 1 aliphatic heterocycles. The molecule has 1 aromatic carbocycles. The van der Waals surface area contributed by atoms with Gasteiger partial charge in [0.15, 0.2) is 5.76 Å². The molecule has 0 bridgehead atoms. The van der Waals surface area contributed by atoms with Crippen molar-refractivity contribution < 1.29 is 12.8 Å². The molecule has 2 heterocycles. The summed E-state index contributed by atoms with van der Waals surface area (Å²) >= 11 is 0. The predicted octanol–water partition coefficient (Wildman–Crippen LogP) is 2.37. The summed E-state index contributed by atoms with van der Waals surface area (Å²) < 4.78 is 31.4. The quantitative estimate of drug-likeness (QED) is 0.829. The van der Waals surface area contributed by atoms with E-state index < -0.39 is 10.0 Å². The Morgan fingerprint density at radius 3 is 2.46 bits per heavy atom. The summed E-state index contributed by atoms with van der Waals surface area (Å²) in [6.45, 7) is 6.14. The molecule has 0 radical (unpaired) electrons. The van der Waals surface area contributed by atoms with Gasteiger partial charge in [-0.3, -0.25) is 4.90 Å². The number of piperazine rings is 1. The Hall–Kier alpha value is -1.70. The monoisotopic (exact) mass is 349 g/mol. The molecular formula is C17H23N3O3S. The van der Waals surface area contributed by atoms with Crippen molar-refractivity contribution >= 4 is 10.0 Å². The number of benzene rings is 1. The molecule has 0 spiro atoms. The van der Waals surface area contributed by atoms with Crippen molar-refractivity contribution in [2.45, 2.75) is 19.9 Å². The van der Waals surface area contributed by atoms with Crippen molar-refractivity contribution in [3.63, 3.8) is 0 Å². The summed E-state index contributed by atoms with van der Waals surface area (Å²) in [7, 11) is -3.10. The van der Waals surface area contributed by atoms with Crippen LogP contribution in [-0.2, 0) is 10.0 Å². The van der Waals surface area contributed by atoms with Crippen molar-refractivity contribution in [2.75, 3.05) is 31.9 Å². The van der Waals surface area contributed by atoms with Crippen LogP contribution in [0.5, 0.6) is 0 Å². The third-order valence-corrected chi connectivity index (χ3v) is 6.40. The molecule has 1 atom stereocenters. The normalized spacial score (nSPS) is 18.6. The van der Waals surface area contributed by atoms with E-state index in [9.17, 15) is 8.42 Å². The molecule has 2 aromatic rings. The van der Waals surface area contributed by atoms with Crippen LogP contribution >= 0.6 is 0 Å². The summed E-state index contributed by atoms with van der Waals surface area (Å²) in [5, 5.41) is 0. The minimum atomic E-state index is -3.10. The third-order valence-electron chi connectivity index (χ3n) is 4.52. The van der Waals surface area contributed by atoms with E-state index in [0.29, 0.717) is 32.1 Å². The van der Waals surface area contributed by atoms with E-state index >= 15 is 0 Å². The first kappa shape index (κ1) is 17.1. The number of sulfonamides is 1. The first-order valence-corrected chi connectivity index (χ1v) is 9.85. The molecule has 0 unspecified atom stereocenters. The molecule has 24 heavy (non-hydrogen) atoms. The number of aromatic nitrogens is 1. The lowest BCUT2D eigenvalue weighted by molar-refractivity contribution is 0.130. The zero-order chi connectivity index (χ0) is 17.2. The maximum atomic E-state index is 11.9. The smallest absolute Gasteiger partial charge is 0.213 e. The molecule has 0 amide bonds. The summed E-state index contributed by atoms with van der Waals surface area (Å²) in [6.07, 6.45) is 1.75. The molecule has 130 valence electrons. The van der Waals surface area contributed by atoms with Gasteiger partial charge >= 0.3 is 0 Å². The molecule has 3 rings (SSSR count). The van der Waals surface area contributed by atoms with Crippen LogP contribution in [0.1, 0.15) is 25.8 Å². The molecule has 7 heteroatoms. The van der Waals surface area contributed by atoms with Crippen molar-refractivity contribution in [2.24, 2.45) is 0 Å². The van der Waals surface area contributed by atoms with Gasteiger partial charge in [0.05, 0.1) is 18.0 Å². The Bertz CT molecular complexity index is 765. The van der Waals surface area contributed by atoms with Crippen molar-refractivity contribution in [1.29, 1.82) is 0 Å². The Kier molecular flexibility index (Phi) is 5.03. The molecule has 0 saturated carbocycles. The molecule has 1 aliphatic rings. The standard InChI is InChI=1S/C17H23N3O3S/c1-3-24(21,22)20-11-9-19(10-12-20)14(2)17-18-13-16(23-17)15-7-5-4-6-8-15/h4-8,13-14H,3,9-12H2,1-2H3/t14-/m0/s1. The van der Waals surface area contributed by atoms with Gasteiger partial charge in [-0.1, -0.05) is 30.3 Å². The van der Waals surface area contributed by atoms with E-state index in [1.54, 1.807) is 17.4 Å². The van der Waals surface area contributed by atoms with Crippen LogP contribution in [0.15, 0.2) is 40.9 Å². The molecule has 0 N–H and O–H groups in total. The summed E-state index contributed by atoms with van der Waals surface area (Å²) in [5.74, 6) is 1.58. The van der Waals surface area contributed by atoms with E-state index in [4.69, 9.17) is 4.42 Å². The van der Waals surface area contributed by atoms with E-state index in [-0.39, 0.29) is 11.8 Å². The molecule has 6 nitrogen and oxygen atoms in total. The Labute approximate surface area is 143 Å². The second-order valence-corrected chi connectivity index (χ2v) is 8.20. The van der Waals surface area contributed by atoms with Crippen LogP contribution in [0, 0.1) is 0 Å². The van der Waals surface area contributed by atoms with Crippen LogP contribution < -0.4 is 0 Å². The van der Waals surface area contributed by atoms with Crippen molar-refractivity contribution in [3.8, 4) is 11.3 Å². The minimum absolute atomic E-state index is 0.0222. The van der Waals surface area contributed by atoms with Gasteiger partial charge in [-0.15, -0.1) is 0 Å². The van der Waals surface area contributed by atoms with Gasteiger partial charge in [0, 0.05) is 31.7 Å². The van der Waals surface area contributed by atoms with Gasteiger partial charge in [-0.2, -0.15) is 4.31 Å².